The lowest BCUT2D eigenvalue weighted by molar-refractivity contribution is 0.184. The average Bonchev–Trinajstić information content (AvgIpc) is 2.93. The van der Waals surface area contributed by atoms with Gasteiger partial charge in [0.1, 0.15) is 12.4 Å². The van der Waals surface area contributed by atoms with Crippen molar-refractivity contribution in [3.63, 3.8) is 0 Å². The van der Waals surface area contributed by atoms with E-state index in [1.54, 1.807) is 7.05 Å². The van der Waals surface area contributed by atoms with Crippen LogP contribution in [0.3, 0.4) is 0 Å². The molecule has 3 atom stereocenters. The van der Waals surface area contributed by atoms with Crippen LogP contribution in [0.2, 0.25) is 5.02 Å². The Labute approximate surface area is 194 Å². The van der Waals surface area contributed by atoms with Gasteiger partial charge in [-0.3, -0.25) is 0 Å². The lowest BCUT2D eigenvalue weighted by atomic mass is 9.94. The largest absolute Gasteiger partial charge is 0.492 e. The summed E-state index contributed by atoms with van der Waals surface area (Å²) < 4.78 is 6.15. The molecule has 170 valence electrons. The molecule has 0 aromatic heterocycles. The van der Waals surface area contributed by atoms with E-state index in [0.29, 0.717) is 24.1 Å². The van der Waals surface area contributed by atoms with Gasteiger partial charge in [-0.15, -0.1) is 0 Å². The number of hydrazone groups is 1. The second kappa shape index (κ2) is 9.90. The van der Waals surface area contributed by atoms with E-state index in [1.165, 1.54) is 5.01 Å². The normalized spacial score (nSPS) is 23.1. The van der Waals surface area contributed by atoms with E-state index in [2.05, 4.69) is 28.9 Å². The zero-order chi connectivity index (χ0) is 22.7. The van der Waals surface area contributed by atoms with Gasteiger partial charge < -0.3 is 20.7 Å². The summed E-state index contributed by atoms with van der Waals surface area (Å²) in [6.07, 6.45) is 0.690. The number of rotatable bonds is 4. The number of carbonyl (C=O) groups is 1. The predicted molar refractivity (Wildman–Crippen MR) is 128 cm³/mol. The van der Waals surface area contributed by atoms with Gasteiger partial charge in [0.15, 0.2) is 0 Å². The van der Waals surface area contributed by atoms with Gasteiger partial charge in [0.25, 0.3) is 0 Å². The lowest BCUT2D eigenvalue weighted by Crippen LogP contribution is -2.55. The molecule has 4 rings (SSSR count). The van der Waals surface area contributed by atoms with Gasteiger partial charge in [0.2, 0.25) is 0 Å². The molecule has 3 N–H and O–H groups in total. The maximum Gasteiger partial charge on any atom is 0.337 e. The van der Waals surface area contributed by atoms with Crippen molar-refractivity contribution in [2.24, 2.45) is 5.10 Å². The minimum Gasteiger partial charge on any atom is -0.492 e. The van der Waals surface area contributed by atoms with E-state index in [4.69, 9.17) is 21.4 Å². The highest BCUT2D eigenvalue weighted by molar-refractivity contribution is 6.30. The highest BCUT2D eigenvalue weighted by Crippen LogP contribution is 2.28. The first-order chi connectivity index (χ1) is 15.4. The number of piperazine rings is 1. The summed E-state index contributed by atoms with van der Waals surface area (Å²) in [6, 6.07) is 14.0. The molecule has 2 aliphatic rings. The van der Waals surface area contributed by atoms with Gasteiger partial charge >= 0.3 is 6.03 Å². The molecular formula is C24H30ClN5O2. The fraction of sp³-hybridized carbons (Fsp3) is 0.417. The fourth-order valence-electron chi connectivity index (χ4n) is 4.19. The van der Waals surface area contributed by atoms with Crippen molar-refractivity contribution in [3.8, 4) is 5.75 Å². The van der Waals surface area contributed by atoms with Crippen molar-refractivity contribution >= 4 is 23.3 Å². The van der Waals surface area contributed by atoms with E-state index in [9.17, 15) is 4.79 Å². The molecule has 2 aromatic rings. The molecule has 0 bridgehead atoms. The fourth-order valence-corrected chi connectivity index (χ4v) is 4.31. The number of hydrogen-bond donors (Lipinski definition) is 3. The molecule has 2 amide bonds. The van der Waals surface area contributed by atoms with Crippen LogP contribution < -0.4 is 20.7 Å². The summed E-state index contributed by atoms with van der Waals surface area (Å²) >= 11 is 6.11. The van der Waals surface area contributed by atoms with Crippen LogP contribution >= 0.6 is 11.6 Å². The Bertz CT molecular complexity index is 994. The monoisotopic (exact) mass is 455 g/mol. The molecule has 2 heterocycles. The summed E-state index contributed by atoms with van der Waals surface area (Å²) in [5.41, 5.74) is 3.70. The highest BCUT2D eigenvalue weighted by atomic mass is 35.5. The molecule has 32 heavy (non-hydrogen) atoms. The maximum atomic E-state index is 12.5. The van der Waals surface area contributed by atoms with Crippen molar-refractivity contribution in [2.45, 2.75) is 38.4 Å². The number of fused-ring (bicyclic) bond motifs is 1. The third-order valence-electron chi connectivity index (χ3n) is 5.83. The number of nitrogens with one attached hydrogen (secondary N) is 3. The first-order valence-corrected chi connectivity index (χ1v) is 11.4. The highest BCUT2D eigenvalue weighted by Gasteiger charge is 2.27. The first kappa shape index (κ1) is 22.6. The van der Waals surface area contributed by atoms with Crippen LogP contribution in [0, 0.1) is 0 Å². The summed E-state index contributed by atoms with van der Waals surface area (Å²) in [5, 5.41) is 16.6. The number of urea groups is 1. The van der Waals surface area contributed by atoms with Crippen LogP contribution in [0.1, 0.15) is 30.5 Å². The Morgan fingerprint density at radius 2 is 2.00 bits per heavy atom. The third kappa shape index (κ3) is 5.06. The Morgan fingerprint density at radius 3 is 2.72 bits per heavy atom. The van der Waals surface area contributed by atoms with E-state index in [1.807, 2.05) is 43.3 Å². The van der Waals surface area contributed by atoms with Crippen molar-refractivity contribution in [1.82, 2.24) is 21.0 Å². The van der Waals surface area contributed by atoms with E-state index in [-0.39, 0.29) is 18.1 Å². The van der Waals surface area contributed by atoms with Gasteiger partial charge in [0, 0.05) is 42.3 Å². The van der Waals surface area contributed by atoms with E-state index >= 15 is 0 Å². The van der Waals surface area contributed by atoms with Crippen LogP contribution in [0.5, 0.6) is 5.75 Å². The molecule has 0 aliphatic carbocycles. The standard InChI is InChI=1S/C24H30ClN5O2/c1-15-12-27-13-20(28-15)14-32-21-9-6-18-10-16(2)30(24(31)26-3)29-23(22(18)11-21)17-4-7-19(25)8-5-17/h4-9,11,15-16,20,27-28H,10,12-14H2,1-3H3,(H,26,31). The van der Waals surface area contributed by atoms with Gasteiger partial charge in [0.05, 0.1) is 17.8 Å². The van der Waals surface area contributed by atoms with Gasteiger partial charge in [-0.25, -0.2) is 9.80 Å². The molecule has 0 spiro atoms. The molecule has 2 aromatic carbocycles. The van der Waals surface area contributed by atoms with E-state index < -0.39 is 0 Å². The van der Waals surface area contributed by atoms with Gasteiger partial charge in [-0.2, -0.15) is 5.10 Å². The Balaban J connectivity index is 1.67. The van der Waals surface area contributed by atoms with Crippen molar-refractivity contribution < 1.29 is 9.53 Å². The SMILES string of the molecule is CNC(=O)N1N=C(c2ccc(Cl)cc2)c2cc(OCC3CNCC(C)N3)ccc2CC1C. The van der Waals surface area contributed by atoms with E-state index in [0.717, 1.165) is 41.2 Å². The quantitative estimate of drug-likeness (QED) is 0.662. The molecule has 8 heteroatoms. The molecular weight excluding hydrogens is 426 g/mol. The average molecular weight is 456 g/mol. The Kier molecular flexibility index (Phi) is 6.98. The van der Waals surface area contributed by atoms with Crippen LogP contribution in [0.15, 0.2) is 47.6 Å². The molecule has 1 fully saturated rings. The molecule has 7 nitrogen and oxygen atoms in total. The molecule has 0 radical (unpaired) electrons. The van der Waals surface area contributed by atoms with Crippen LogP contribution in [-0.4, -0.2) is 61.6 Å². The molecule has 0 saturated carbocycles. The molecule has 2 aliphatic heterocycles. The number of halogens is 1. The van der Waals surface area contributed by atoms with Gasteiger partial charge in [-0.05, 0) is 50.1 Å². The summed E-state index contributed by atoms with van der Waals surface area (Å²) in [6.45, 7) is 6.59. The number of carbonyl (C=O) groups excluding carboxylic acids is 1. The number of amides is 2. The zero-order valence-corrected chi connectivity index (χ0v) is 19.4. The lowest BCUT2D eigenvalue weighted by Gasteiger charge is -2.29. The van der Waals surface area contributed by atoms with Crippen molar-refractivity contribution in [2.75, 3.05) is 26.7 Å². The zero-order valence-electron chi connectivity index (χ0n) is 18.7. The first-order valence-electron chi connectivity index (χ1n) is 11.0. The number of ether oxygens (including phenoxy) is 1. The second-order valence-electron chi connectivity index (χ2n) is 8.46. The summed E-state index contributed by atoms with van der Waals surface area (Å²) in [5.74, 6) is 0.784. The Hall–Kier alpha value is -2.61. The maximum absolute atomic E-state index is 12.5. The third-order valence-corrected chi connectivity index (χ3v) is 6.08. The second-order valence-corrected chi connectivity index (χ2v) is 8.90. The summed E-state index contributed by atoms with van der Waals surface area (Å²) in [7, 11) is 1.62. The molecule has 1 saturated heterocycles. The summed E-state index contributed by atoms with van der Waals surface area (Å²) in [4.78, 5) is 12.5. The van der Waals surface area contributed by atoms with Crippen molar-refractivity contribution in [1.29, 1.82) is 0 Å². The van der Waals surface area contributed by atoms with Gasteiger partial charge in [-0.1, -0.05) is 29.8 Å². The van der Waals surface area contributed by atoms with Crippen LogP contribution in [0.4, 0.5) is 4.79 Å². The number of benzene rings is 2. The number of nitrogens with zero attached hydrogens (tertiary/aromatic N) is 2. The Morgan fingerprint density at radius 1 is 1.22 bits per heavy atom. The van der Waals surface area contributed by atoms with Crippen molar-refractivity contribution in [3.05, 3.63) is 64.2 Å². The topological polar surface area (TPSA) is 78.0 Å². The minimum absolute atomic E-state index is 0.0933. The minimum atomic E-state index is -0.238. The number of hydrogen-bond acceptors (Lipinski definition) is 5. The van der Waals surface area contributed by atoms with Crippen LogP contribution in [0.25, 0.3) is 0 Å². The smallest absolute Gasteiger partial charge is 0.337 e. The molecule has 3 unspecified atom stereocenters. The predicted octanol–water partition coefficient (Wildman–Crippen LogP) is 3.01. The van der Waals surface area contributed by atoms with Crippen LogP contribution in [-0.2, 0) is 6.42 Å².